The van der Waals surface area contributed by atoms with E-state index in [1.54, 1.807) is 19.0 Å². The maximum Gasteiger partial charge on any atom is 0.280 e. The fourth-order valence-electron chi connectivity index (χ4n) is 0.909. The molecule has 16 heavy (non-hydrogen) atoms. The number of nitrogens with two attached hydrogens (primary N) is 1. The van der Waals surface area contributed by atoms with Gasteiger partial charge in [-0.05, 0) is 6.07 Å². The molecule has 1 heterocycles. The van der Waals surface area contributed by atoms with Gasteiger partial charge in [-0.3, -0.25) is 4.79 Å². The highest BCUT2D eigenvalue weighted by Crippen LogP contribution is 2.24. The molecule has 1 rings (SSSR count). The fourth-order valence-corrected chi connectivity index (χ4v) is 1.34. The average molecular weight is 261 g/mol. The summed E-state index contributed by atoms with van der Waals surface area (Å²) in [5.41, 5.74) is 5.82. The van der Waals surface area contributed by atoms with E-state index in [2.05, 4.69) is 9.98 Å². The Morgan fingerprint density at radius 2 is 2.19 bits per heavy atom. The Morgan fingerprint density at radius 3 is 2.75 bits per heavy atom. The van der Waals surface area contributed by atoms with Crippen molar-refractivity contribution in [1.29, 1.82) is 0 Å². The largest absolute Gasteiger partial charge is 0.396 e. The van der Waals surface area contributed by atoms with Crippen molar-refractivity contribution in [3.8, 4) is 0 Å². The van der Waals surface area contributed by atoms with Crippen molar-refractivity contribution in [3.63, 3.8) is 0 Å². The fraction of sp³-hybridized carbons (Fsp3) is 0.222. The standard InChI is InChI=1S/C9H10Cl2N4O/c1-15(2)4-13-9(16)5-3-6(10)14-8(11)7(5)12/h3-4H,12H2,1-2H3. The van der Waals surface area contributed by atoms with Gasteiger partial charge < -0.3 is 10.6 Å². The van der Waals surface area contributed by atoms with E-state index < -0.39 is 5.91 Å². The van der Waals surface area contributed by atoms with Crippen LogP contribution >= 0.6 is 23.2 Å². The Morgan fingerprint density at radius 1 is 1.56 bits per heavy atom. The first-order valence-electron chi connectivity index (χ1n) is 4.28. The predicted molar refractivity (Wildman–Crippen MR) is 65.2 cm³/mol. The predicted octanol–water partition coefficient (Wildman–Crippen LogP) is 1.70. The summed E-state index contributed by atoms with van der Waals surface area (Å²) in [7, 11) is 3.49. The van der Waals surface area contributed by atoms with Gasteiger partial charge in [-0.15, -0.1) is 0 Å². The Hall–Kier alpha value is -1.33. The van der Waals surface area contributed by atoms with Crippen LogP contribution in [0, 0.1) is 0 Å². The number of carbonyl (C=O) groups excluding carboxylic acids is 1. The molecule has 0 bridgehead atoms. The van der Waals surface area contributed by atoms with E-state index in [4.69, 9.17) is 28.9 Å². The van der Waals surface area contributed by atoms with Crippen LogP contribution in [0.2, 0.25) is 10.3 Å². The number of rotatable bonds is 2. The van der Waals surface area contributed by atoms with Crippen LogP contribution in [0.1, 0.15) is 10.4 Å². The lowest BCUT2D eigenvalue weighted by Crippen LogP contribution is -2.11. The van der Waals surface area contributed by atoms with Crippen LogP contribution in [0.5, 0.6) is 0 Å². The summed E-state index contributed by atoms with van der Waals surface area (Å²) < 4.78 is 0. The van der Waals surface area contributed by atoms with E-state index in [0.717, 1.165) is 0 Å². The van der Waals surface area contributed by atoms with E-state index in [1.165, 1.54) is 12.4 Å². The lowest BCUT2D eigenvalue weighted by atomic mass is 10.2. The Labute approximate surface area is 103 Å². The molecule has 0 aromatic carbocycles. The van der Waals surface area contributed by atoms with Gasteiger partial charge in [0.15, 0.2) is 5.15 Å². The Kier molecular flexibility index (Phi) is 4.09. The summed E-state index contributed by atoms with van der Waals surface area (Å²) in [6.07, 6.45) is 1.37. The van der Waals surface area contributed by atoms with Crippen molar-refractivity contribution in [1.82, 2.24) is 9.88 Å². The van der Waals surface area contributed by atoms with E-state index in [-0.39, 0.29) is 21.6 Å². The molecular formula is C9H10Cl2N4O. The van der Waals surface area contributed by atoms with Gasteiger partial charge in [-0.1, -0.05) is 23.2 Å². The third kappa shape index (κ3) is 3.08. The van der Waals surface area contributed by atoms with Crippen molar-refractivity contribution in [2.45, 2.75) is 0 Å². The zero-order valence-electron chi connectivity index (χ0n) is 8.74. The molecule has 1 aromatic heterocycles. The number of nitrogens with zero attached hydrogens (tertiary/aromatic N) is 3. The van der Waals surface area contributed by atoms with Crippen molar-refractivity contribution >= 4 is 41.1 Å². The maximum absolute atomic E-state index is 11.6. The second kappa shape index (κ2) is 5.14. The lowest BCUT2D eigenvalue weighted by molar-refractivity contribution is 0.100. The molecule has 0 aliphatic carbocycles. The summed E-state index contributed by atoms with van der Waals surface area (Å²) >= 11 is 11.4. The van der Waals surface area contributed by atoms with Crippen LogP contribution in [0.3, 0.4) is 0 Å². The van der Waals surface area contributed by atoms with Crippen LogP contribution in [0.15, 0.2) is 11.1 Å². The van der Waals surface area contributed by atoms with Crippen molar-refractivity contribution in [3.05, 3.63) is 21.9 Å². The zero-order valence-corrected chi connectivity index (χ0v) is 10.2. The number of hydrogen-bond donors (Lipinski definition) is 1. The molecule has 86 valence electrons. The van der Waals surface area contributed by atoms with Gasteiger partial charge >= 0.3 is 0 Å². The Balaban J connectivity index is 3.09. The molecule has 1 aromatic rings. The van der Waals surface area contributed by atoms with E-state index >= 15 is 0 Å². The van der Waals surface area contributed by atoms with Gasteiger partial charge in [-0.2, -0.15) is 4.99 Å². The maximum atomic E-state index is 11.6. The van der Waals surface area contributed by atoms with Crippen molar-refractivity contribution < 1.29 is 4.79 Å². The van der Waals surface area contributed by atoms with Gasteiger partial charge in [0.25, 0.3) is 5.91 Å². The second-order valence-corrected chi connectivity index (χ2v) is 3.96. The monoisotopic (exact) mass is 260 g/mol. The molecule has 0 unspecified atom stereocenters. The van der Waals surface area contributed by atoms with Gasteiger partial charge in [0.05, 0.1) is 17.6 Å². The summed E-state index contributed by atoms with van der Waals surface area (Å²) in [4.78, 5) is 20.6. The van der Waals surface area contributed by atoms with Crippen LogP contribution < -0.4 is 5.73 Å². The number of carbonyl (C=O) groups is 1. The molecule has 0 aliphatic heterocycles. The van der Waals surface area contributed by atoms with Crippen LogP contribution in [-0.2, 0) is 0 Å². The number of anilines is 1. The highest BCUT2D eigenvalue weighted by atomic mass is 35.5. The summed E-state index contributed by atoms with van der Waals surface area (Å²) in [6.45, 7) is 0. The SMILES string of the molecule is CN(C)C=NC(=O)c1cc(Cl)nc(Cl)c1N. The third-order valence-electron chi connectivity index (χ3n) is 1.62. The molecule has 7 heteroatoms. The van der Waals surface area contributed by atoms with E-state index in [0.29, 0.717) is 0 Å². The van der Waals surface area contributed by atoms with Gasteiger partial charge in [0.2, 0.25) is 0 Å². The number of halogens is 2. The normalized spacial score (nSPS) is 10.8. The van der Waals surface area contributed by atoms with Gasteiger partial charge in [-0.25, -0.2) is 4.98 Å². The van der Waals surface area contributed by atoms with Crippen LogP contribution in [0.4, 0.5) is 5.69 Å². The minimum Gasteiger partial charge on any atom is -0.396 e. The number of aliphatic imine (C=N–C) groups is 1. The molecule has 5 nitrogen and oxygen atoms in total. The highest BCUT2D eigenvalue weighted by molar-refractivity contribution is 6.35. The number of aromatic nitrogens is 1. The number of nitrogen functional groups attached to an aromatic ring is 1. The van der Waals surface area contributed by atoms with Crippen molar-refractivity contribution in [2.24, 2.45) is 4.99 Å². The molecule has 0 saturated carbocycles. The molecule has 0 fully saturated rings. The quantitative estimate of drug-likeness (QED) is 0.499. The van der Waals surface area contributed by atoms with Gasteiger partial charge in [0.1, 0.15) is 5.15 Å². The molecule has 0 spiro atoms. The van der Waals surface area contributed by atoms with Crippen LogP contribution in [0.25, 0.3) is 0 Å². The van der Waals surface area contributed by atoms with E-state index in [1.807, 2.05) is 0 Å². The first-order valence-corrected chi connectivity index (χ1v) is 5.04. The highest BCUT2D eigenvalue weighted by Gasteiger charge is 2.13. The van der Waals surface area contributed by atoms with E-state index in [9.17, 15) is 4.79 Å². The molecular weight excluding hydrogens is 251 g/mol. The Bertz CT molecular complexity index is 445. The third-order valence-corrected chi connectivity index (χ3v) is 2.10. The average Bonchev–Trinajstić information content (AvgIpc) is 2.19. The number of pyridine rings is 1. The summed E-state index contributed by atoms with van der Waals surface area (Å²) in [5, 5.41) is 0.0958. The smallest absolute Gasteiger partial charge is 0.280 e. The molecule has 0 saturated heterocycles. The molecule has 1 amide bonds. The van der Waals surface area contributed by atoms with Gasteiger partial charge in [0, 0.05) is 14.1 Å². The minimum atomic E-state index is -0.516. The number of amides is 1. The van der Waals surface area contributed by atoms with Crippen LogP contribution in [-0.4, -0.2) is 36.2 Å². The summed E-state index contributed by atoms with van der Waals surface area (Å²) in [6, 6.07) is 1.33. The minimum absolute atomic E-state index is 0.00379. The second-order valence-electron chi connectivity index (χ2n) is 3.21. The molecule has 0 aliphatic rings. The molecule has 2 N–H and O–H groups in total. The summed E-state index contributed by atoms with van der Waals surface area (Å²) in [5.74, 6) is -0.516. The number of hydrogen-bond acceptors (Lipinski definition) is 3. The molecule has 0 atom stereocenters. The topological polar surface area (TPSA) is 71.6 Å². The first kappa shape index (κ1) is 12.7. The lowest BCUT2D eigenvalue weighted by Gasteiger charge is -2.05. The van der Waals surface area contributed by atoms with Crippen molar-refractivity contribution in [2.75, 3.05) is 19.8 Å². The molecule has 0 radical (unpaired) electrons. The first-order chi connectivity index (χ1) is 7.41. The zero-order chi connectivity index (χ0) is 12.3.